The maximum atomic E-state index is 12.2. The topological polar surface area (TPSA) is 70.6 Å². The highest BCUT2D eigenvalue weighted by Crippen LogP contribution is 2.08. The van der Waals surface area contributed by atoms with Crippen molar-refractivity contribution in [1.82, 2.24) is 10.6 Å². The molecule has 0 fully saturated rings. The van der Waals surface area contributed by atoms with Crippen molar-refractivity contribution >= 4 is 49.9 Å². The molecule has 0 heterocycles. The van der Waals surface area contributed by atoms with Gasteiger partial charge >= 0.3 is 0 Å². The summed E-state index contributed by atoms with van der Waals surface area (Å²) >= 11 is 6.72. The highest BCUT2D eigenvalue weighted by atomic mass is 79.9. The predicted octanol–water partition coefficient (Wildman–Crippen LogP) is 3.86. The van der Waals surface area contributed by atoms with Crippen molar-refractivity contribution < 1.29 is 9.59 Å². The molecule has 140 valence electrons. The number of halogens is 2. The molecule has 7 heteroatoms. The van der Waals surface area contributed by atoms with Crippen LogP contribution in [-0.4, -0.2) is 35.9 Å². The van der Waals surface area contributed by atoms with Gasteiger partial charge in [-0.3, -0.25) is 14.6 Å². The predicted molar refractivity (Wildman–Crippen MR) is 112 cm³/mol. The lowest BCUT2D eigenvalue weighted by Gasteiger charge is -2.08. The molecule has 2 N–H and O–H groups in total. The van der Waals surface area contributed by atoms with Gasteiger partial charge in [0.25, 0.3) is 5.91 Å². The molecular formula is C18H27Br2N3O2. The van der Waals surface area contributed by atoms with Crippen LogP contribution >= 0.6 is 31.9 Å². The fourth-order valence-corrected chi connectivity index (χ4v) is 2.16. The first-order valence-electron chi connectivity index (χ1n) is 8.25. The number of aliphatic imine (C=N–C) groups is 1. The summed E-state index contributed by atoms with van der Waals surface area (Å²) in [5.41, 5.74) is 0.484. The maximum Gasteiger partial charge on any atom is 0.252 e. The van der Waals surface area contributed by atoms with E-state index in [1.54, 1.807) is 12.2 Å². The zero-order chi connectivity index (χ0) is 19.2. The summed E-state index contributed by atoms with van der Waals surface area (Å²) in [6, 6.07) is 0. The highest BCUT2D eigenvalue weighted by molar-refractivity contribution is 9.11. The van der Waals surface area contributed by atoms with E-state index in [4.69, 9.17) is 0 Å². The summed E-state index contributed by atoms with van der Waals surface area (Å²) < 4.78 is 0.626. The minimum absolute atomic E-state index is 0.0508. The van der Waals surface area contributed by atoms with Gasteiger partial charge in [-0.15, -0.1) is 0 Å². The van der Waals surface area contributed by atoms with E-state index in [1.807, 2.05) is 13.8 Å². The average molecular weight is 477 g/mol. The highest BCUT2D eigenvalue weighted by Gasteiger charge is 2.08. The summed E-state index contributed by atoms with van der Waals surface area (Å²) in [6.07, 6.45) is 8.77. The Balaban J connectivity index is 4.85. The summed E-state index contributed by atoms with van der Waals surface area (Å²) in [4.78, 5) is 27.8. The van der Waals surface area contributed by atoms with Crippen LogP contribution in [0.2, 0.25) is 0 Å². The maximum absolute atomic E-state index is 12.2. The van der Waals surface area contributed by atoms with Gasteiger partial charge in [-0.05, 0) is 48.2 Å². The summed E-state index contributed by atoms with van der Waals surface area (Å²) in [5.74, 6) is 0.209. The molecule has 1 atom stereocenters. The second kappa shape index (κ2) is 14.0. The molecule has 0 spiro atoms. The number of carbonyl (C=O) groups excluding carboxylic acids is 2. The third kappa shape index (κ3) is 13.7. The molecule has 0 bridgehead atoms. The zero-order valence-electron chi connectivity index (χ0n) is 15.2. The van der Waals surface area contributed by atoms with Crippen LogP contribution in [0.3, 0.4) is 0 Å². The van der Waals surface area contributed by atoms with Gasteiger partial charge in [0.1, 0.15) is 0 Å². The standard InChI is InChI=1S/C18H27Br2N3O2/c1-5-22-17(24)7-6-16(20)12-21-11-15(10-14(4)19)18(25)23-9-8-13(2)3/h6-7,10-14H,5,8-9H2,1-4H3,(H,22,24)(H,23,25). The molecule has 25 heavy (non-hydrogen) atoms. The van der Waals surface area contributed by atoms with E-state index in [0.717, 1.165) is 6.42 Å². The first kappa shape index (κ1) is 23.8. The number of rotatable bonds is 10. The van der Waals surface area contributed by atoms with Gasteiger partial charge < -0.3 is 10.6 Å². The van der Waals surface area contributed by atoms with E-state index >= 15 is 0 Å². The zero-order valence-corrected chi connectivity index (χ0v) is 18.4. The normalized spacial score (nSPS) is 14.4. The van der Waals surface area contributed by atoms with Crippen LogP contribution in [0.25, 0.3) is 0 Å². The van der Waals surface area contributed by atoms with Crippen LogP contribution in [0, 0.1) is 5.92 Å². The number of nitrogens with zero attached hydrogens (tertiary/aromatic N) is 1. The smallest absolute Gasteiger partial charge is 0.252 e. The van der Waals surface area contributed by atoms with Crippen molar-refractivity contribution in [3.8, 4) is 0 Å². The van der Waals surface area contributed by atoms with E-state index in [1.165, 1.54) is 18.5 Å². The van der Waals surface area contributed by atoms with Crippen LogP contribution in [-0.2, 0) is 9.59 Å². The molecule has 0 aliphatic heterocycles. The van der Waals surface area contributed by atoms with E-state index in [2.05, 4.69) is 61.3 Å². The Bertz CT molecular complexity index is 551. The Morgan fingerprint density at radius 2 is 1.84 bits per heavy atom. The average Bonchev–Trinajstić information content (AvgIpc) is 2.51. The molecular weight excluding hydrogens is 450 g/mol. The molecule has 0 aromatic heterocycles. The number of likely N-dealkylation sites (N-methyl/N-ethyl adjacent to an activating group) is 1. The number of allylic oxidation sites excluding steroid dienone is 3. The van der Waals surface area contributed by atoms with Crippen LogP contribution in [0.1, 0.15) is 34.1 Å². The largest absolute Gasteiger partial charge is 0.353 e. The van der Waals surface area contributed by atoms with Crippen molar-refractivity contribution in [2.75, 3.05) is 13.1 Å². The van der Waals surface area contributed by atoms with Crippen molar-refractivity contribution in [3.63, 3.8) is 0 Å². The fourth-order valence-electron chi connectivity index (χ4n) is 1.62. The van der Waals surface area contributed by atoms with Crippen molar-refractivity contribution in [2.24, 2.45) is 10.9 Å². The Labute approximate surface area is 167 Å². The monoisotopic (exact) mass is 475 g/mol. The summed E-state index contributed by atoms with van der Waals surface area (Å²) in [5, 5.41) is 5.55. The van der Waals surface area contributed by atoms with Crippen molar-refractivity contribution in [3.05, 3.63) is 34.5 Å². The lowest BCUT2D eigenvalue weighted by Crippen LogP contribution is -2.27. The number of amides is 2. The Hall–Kier alpha value is -1.21. The van der Waals surface area contributed by atoms with Crippen LogP contribution < -0.4 is 10.6 Å². The third-order valence-electron chi connectivity index (χ3n) is 2.84. The third-order valence-corrected chi connectivity index (χ3v) is 3.57. The van der Waals surface area contributed by atoms with Gasteiger partial charge in [-0.25, -0.2) is 0 Å². The molecule has 0 aliphatic carbocycles. The molecule has 0 saturated carbocycles. The van der Waals surface area contributed by atoms with E-state index < -0.39 is 0 Å². The number of hydrogen-bond donors (Lipinski definition) is 2. The molecule has 5 nitrogen and oxygen atoms in total. The summed E-state index contributed by atoms with van der Waals surface area (Å²) in [7, 11) is 0. The Morgan fingerprint density at radius 1 is 1.16 bits per heavy atom. The number of nitrogens with one attached hydrogen (secondary N) is 2. The molecule has 0 aromatic carbocycles. The quantitative estimate of drug-likeness (QED) is 0.217. The van der Waals surface area contributed by atoms with Crippen molar-refractivity contribution in [2.45, 2.75) is 38.9 Å². The fraction of sp³-hybridized carbons (Fsp3) is 0.500. The number of hydrogen-bond acceptors (Lipinski definition) is 3. The molecule has 0 aromatic rings. The van der Waals surface area contributed by atoms with Gasteiger partial charge in [-0.1, -0.05) is 35.9 Å². The van der Waals surface area contributed by atoms with Gasteiger partial charge in [0.15, 0.2) is 0 Å². The minimum Gasteiger partial charge on any atom is -0.353 e. The van der Waals surface area contributed by atoms with E-state index in [0.29, 0.717) is 29.1 Å². The molecule has 0 aliphatic rings. The molecule has 0 rings (SSSR count). The lowest BCUT2D eigenvalue weighted by molar-refractivity contribution is -0.117. The van der Waals surface area contributed by atoms with Gasteiger partial charge in [-0.2, -0.15) is 0 Å². The van der Waals surface area contributed by atoms with Gasteiger partial charge in [0, 0.05) is 40.9 Å². The Morgan fingerprint density at radius 3 is 2.40 bits per heavy atom. The van der Waals surface area contributed by atoms with Crippen LogP contribution in [0.15, 0.2) is 39.5 Å². The molecule has 0 saturated heterocycles. The van der Waals surface area contributed by atoms with E-state index in [9.17, 15) is 9.59 Å². The van der Waals surface area contributed by atoms with E-state index in [-0.39, 0.29) is 16.6 Å². The molecule has 0 radical (unpaired) electrons. The Kier molecular flexibility index (Phi) is 13.3. The van der Waals surface area contributed by atoms with Crippen LogP contribution in [0.4, 0.5) is 0 Å². The van der Waals surface area contributed by atoms with Gasteiger partial charge in [0.2, 0.25) is 5.91 Å². The molecule has 1 unspecified atom stereocenters. The summed E-state index contributed by atoms with van der Waals surface area (Å²) in [6.45, 7) is 9.21. The van der Waals surface area contributed by atoms with Crippen LogP contribution in [0.5, 0.6) is 0 Å². The van der Waals surface area contributed by atoms with Gasteiger partial charge in [0.05, 0.1) is 5.57 Å². The first-order chi connectivity index (χ1) is 11.8. The second-order valence-electron chi connectivity index (χ2n) is 5.76. The number of carbonyl (C=O) groups is 2. The minimum atomic E-state index is -0.171. The molecule has 2 amide bonds. The van der Waals surface area contributed by atoms with Crippen molar-refractivity contribution in [1.29, 1.82) is 0 Å². The SMILES string of the molecule is CCNC(=O)C=CC(Br)=CN=CC(=CC(C)Br)C(=O)NCCC(C)C. The second-order valence-corrected chi connectivity index (χ2v) is 8.12. The number of alkyl halides is 1. The first-order valence-corrected chi connectivity index (χ1v) is 9.96. The lowest BCUT2D eigenvalue weighted by atomic mass is 10.1.